The van der Waals surface area contributed by atoms with Crippen molar-refractivity contribution in [1.82, 2.24) is 0 Å². The Morgan fingerprint density at radius 3 is 2.50 bits per heavy atom. The molecule has 2 N–H and O–H groups in total. The smallest absolute Gasteiger partial charge is 0.0381 e. The Morgan fingerprint density at radius 1 is 1.19 bits per heavy atom. The van der Waals surface area contributed by atoms with Gasteiger partial charge >= 0.3 is 0 Å². The molecular weight excluding hydrogens is 194 g/mol. The summed E-state index contributed by atoms with van der Waals surface area (Å²) in [5.41, 5.74) is 13.2. The lowest BCUT2D eigenvalue weighted by Crippen LogP contribution is -2.00. The number of aryl methyl sites for hydroxylation is 1. The largest absolute Gasteiger partial charge is 0.398 e. The van der Waals surface area contributed by atoms with Crippen LogP contribution in [0.15, 0.2) is 6.07 Å². The normalized spacial score (nSPS) is 17.7. The molecule has 0 saturated heterocycles. The predicted octanol–water partition coefficient (Wildman–Crippen LogP) is 3.97. The molecule has 0 bridgehead atoms. The lowest BCUT2D eigenvalue weighted by molar-refractivity contribution is 0.912. The van der Waals surface area contributed by atoms with E-state index in [9.17, 15) is 0 Å². The fraction of sp³-hybridized carbons (Fsp3) is 0.600. The first-order valence-electron chi connectivity index (χ1n) is 6.68. The van der Waals surface area contributed by atoms with Crippen molar-refractivity contribution in [2.75, 3.05) is 5.73 Å². The van der Waals surface area contributed by atoms with Gasteiger partial charge in [0.2, 0.25) is 0 Å². The molecule has 1 aromatic rings. The van der Waals surface area contributed by atoms with Gasteiger partial charge in [0.25, 0.3) is 0 Å². The van der Waals surface area contributed by atoms with E-state index in [0.29, 0.717) is 0 Å². The van der Waals surface area contributed by atoms with Crippen LogP contribution >= 0.6 is 0 Å². The molecule has 0 amide bonds. The monoisotopic (exact) mass is 217 g/mol. The molecule has 0 spiro atoms. The molecule has 0 aliphatic heterocycles. The van der Waals surface area contributed by atoms with Crippen LogP contribution in [-0.4, -0.2) is 0 Å². The van der Waals surface area contributed by atoms with E-state index in [2.05, 4.69) is 13.0 Å². The zero-order valence-corrected chi connectivity index (χ0v) is 10.8. The SMILES string of the molecule is CC.Cc1c(C2CC2)cc2c(c1N)CCC2. The van der Waals surface area contributed by atoms with Gasteiger partial charge < -0.3 is 5.73 Å². The van der Waals surface area contributed by atoms with E-state index in [-0.39, 0.29) is 0 Å². The standard InChI is InChI=1S/C13H17N.C2H6/c1-8-12(9-5-6-9)7-10-3-2-4-11(10)13(8)14;1-2/h7,9H,2-6,14H2,1H3;1-2H3. The van der Waals surface area contributed by atoms with Crippen LogP contribution in [0, 0.1) is 6.92 Å². The Hall–Kier alpha value is -0.980. The fourth-order valence-electron chi connectivity index (χ4n) is 2.73. The van der Waals surface area contributed by atoms with Gasteiger partial charge in [-0.05, 0) is 67.2 Å². The van der Waals surface area contributed by atoms with E-state index in [1.807, 2.05) is 13.8 Å². The van der Waals surface area contributed by atoms with Gasteiger partial charge in [0.05, 0.1) is 0 Å². The summed E-state index contributed by atoms with van der Waals surface area (Å²) in [5.74, 6) is 0.836. The van der Waals surface area contributed by atoms with Crippen LogP contribution in [0.25, 0.3) is 0 Å². The second-order valence-corrected chi connectivity index (χ2v) is 4.77. The maximum Gasteiger partial charge on any atom is 0.0381 e. The second-order valence-electron chi connectivity index (χ2n) is 4.77. The maximum absolute atomic E-state index is 6.20. The van der Waals surface area contributed by atoms with Gasteiger partial charge in [0, 0.05) is 5.69 Å². The number of anilines is 1. The highest BCUT2D eigenvalue weighted by Crippen LogP contribution is 2.45. The minimum Gasteiger partial charge on any atom is -0.398 e. The maximum atomic E-state index is 6.20. The summed E-state index contributed by atoms with van der Waals surface area (Å²) >= 11 is 0. The Balaban J connectivity index is 0.000000457. The Labute approximate surface area is 99.0 Å². The molecule has 0 heterocycles. The van der Waals surface area contributed by atoms with Crippen LogP contribution in [-0.2, 0) is 12.8 Å². The molecule has 16 heavy (non-hydrogen) atoms. The molecular formula is C15H23N. The third-order valence-corrected chi connectivity index (χ3v) is 3.77. The van der Waals surface area contributed by atoms with Gasteiger partial charge in [-0.3, -0.25) is 0 Å². The number of benzene rings is 1. The third-order valence-electron chi connectivity index (χ3n) is 3.77. The summed E-state index contributed by atoms with van der Waals surface area (Å²) < 4.78 is 0. The first kappa shape index (κ1) is 11.5. The van der Waals surface area contributed by atoms with Gasteiger partial charge in [-0.25, -0.2) is 0 Å². The van der Waals surface area contributed by atoms with Gasteiger partial charge in [0.15, 0.2) is 0 Å². The first-order valence-corrected chi connectivity index (χ1v) is 6.68. The first-order chi connectivity index (χ1) is 7.77. The number of nitrogens with two attached hydrogens (primary N) is 1. The molecule has 2 aliphatic rings. The van der Waals surface area contributed by atoms with Gasteiger partial charge in [-0.2, -0.15) is 0 Å². The minimum atomic E-state index is 0.836. The molecule has 2 aliphatic carbocycles. The van der Waals surface area contributed by atoms with Crippen LogP contribution in [0.5, 0.6) is 0 Å². The van der Waals surface area contributed by atoms with E-state index in [0.717, 1.165) is 11.6 Å². The summed E-state index contributed by atoms with van der Waals surface area (Å²) in [6.45, 7) is 6.20. The molecule has 0 unspecified atom stereocenters. The number of hydrogen-bond acceptors (Lipinski definition) is 1. The lowest BCUT2D eigenvalue weighted by Gasteiger charge is -2.12. The highest BCUT2D eigenvalue weighted by molar-refractivity contribution is 5.62. The molecule has 0 radical (unpaired) electrons. The number of fused-ring (bicyclic) bond motifs is 1. The zero-order chi connectivity index (χ0) is 11.7. The van der Waals surface area contributed by atoms with Crippen molar-refractivity contribution in [3.63, 3.8) is 0 Å². The van der Waals surface area contributed by atoms with Crippen LogP contribution in [0.3, 0.4) is 0 Å². The van der Waals surface area contributed by atoms with Crippen LogP contribution in [0.1, 0.15) is 61.3 Å². The Bertz CT molecular complexity index is 389. The molecule has 88 valence electrons. The molecule has 1 saturated carbocycles. The highest BCUT2D eigenvalue weighted by Gasteiger charge is 2.28. The van der Waals surface area contributed by atoms with Crippen LogP contribution < -0.4 is 5.73 Å². The quantitative estimate of drug-likeness (QED) is 0.708. The van der Waals surface area contributed by atoms with Crippen molar-refractivity contribution in [2.24, 2.45) is 0 Å². The Morgan fingerprint density at radius 2 is 1.88 bits per heavy atom. The molecule has 0 atom stereocenters. The van der Waals surface area contributed by atoms with Crippen molar-refractivity contribution in [2.45, 2.75) is 58.8 Å². The van der Waals surface area contributed by atoms with Crippen molar-refractivity contribution >= 4 is 5.69 Å². The van der Waals surface area contributed by atoms with Crippen molar-refractivity contribution in [1.29, 1.82) is 0 Å². The summed E-state index contributed by atoms with van der Waals surface area (Å²) in [6.07, 6.45) is 6.50. The Kier molecular flexibility index (Phi) is 3.22. The zero-order valence-electron chi connectivity index (χ0n) is 10.8. The highest BCUT2D eigenvalue weighted by atomic mass is 14.6. The molecule has 1 fully saturated rings. The number of hydrogen-bond donors (Lipinski definition) is 1. The summed E-state index contributed by atoms with van der Waals surface area (Å²) in [6, 6.07) is 2.44. The summed E-state index contributed by atoms with van der Waals surface area (Å²) in [7, 11) is 0. The van der Waals surface area contributed by atoms with E-state index in [1.165, 1.54) is 48.8 Å². The number of nitrogen functional groups attached to an aromatic ring is 1. The van der Waals surface area contributed by atoms with Crippen molar-refractivity contribution in [3.05, 3.63) is 28.3 Å². The van der Waals surface area contributed by atoms with Crippen molar-refractivity contribution in [3.8, 4) is 0 Å². The molecule has 0 aromatic heterocycles. The van der Waals surface area contributed by atoms with E-state index >= 15 is 0 Å². The third kappa shape index (κ3) is 1.83. The minimum absolute atomic E-state index is 0.836. The fourth-order valence-corrected chi connectivity index (χ4v) is 2.73. The molecule has 1 heteroatoms. The average molecular weight is 217 g/mol. The van der Waals surface area contributed by atoms with E-state index in [1.54, 1.807) is 5.56 Å². The topological polar surface area (TPSA) is 26.0 Å². The second kappa shape index (κ2) is 4.48. The molecule has 1 nitrogen and oxygen atoms in total. The van der Waals surface area contributed by atoms with Gasteiger partial charge in [-0.1, -0.05) is 19.9 Å². The summed E-state index contributed by atoms with van der Waals surface area (Å²) in [5, 5.41) is 0. The van der Waals surface area contributed by atoms with Crippen LogP contribution in [0.2, 0.25) is 0 Å². The van der Waals surface area contributed by atoms with Crippen molar-refractivity contribution < 1.29 is 0 Å². The molecule has 1 aromatic carbocycles. The van der Waals surface area contributed by atoms with Gasteiger partial charge in [0.1, 0.15) is 0 Å². The van der Waals surface area contributed by atoms with E-state index in [4.69, 9.17) is 5.73 Å². The lowest BCUT2D eigenvalue weighted by atomic mass is 9.95. The number of rotatable bonds is 1. The summed E-state index contributed by atoms with van der Waals surface area (Å²) in [4.78, 5) is 0. The van der Waals surface area contributed by atoms with Crippen LogP contribution in [0.4, 0.5) is 5.69 Å². The van der Waals surface area contributed by atoms with Gasteiger partial charge in [-0.15, -0.1) is 0 Å². The molecule has 3 rings (SSSR count). The average Bonchev–Trinajstić information content (AvgIpc) is 3.05. The van der Waals surface area contributed by atoms with E-state index < -0.39 is 0 Å². The predicted molar refractivity (Wildman–Crippen MR) is 70.9 cm³/mol.